The highest BCUT2D eigenvalue weighted by atomic mass is 16.3. The summed E-state index contributed by atoms with van der Waals surface area (Å²) in [6, 6.07) is 5.56. The number of nitrogens with zero attached hydrogens (tertiary/aromatic N) is 4. The highest BCUT2D eigenvalue weighted by molar-refractivity contribution is 6.04. The molecule has 23 heavy (non-hydrogen) atoms. The van der Waals surface area contributed by atoms with Crippen LogP contribution in [-0.4, -0.2) is 25.5 Å². The van der Waals surface area contributed by atoms with Crippen molar-refractivity contribution < 1.29 is 9.21 Å². The summed E-state index contributed by atoms with van der Waals surface area (Å²) in [6.07, 6.45) is 3.31. The largest absolute Gasteiger partial charge is 0.463 e. The molecule has 0 aromatic carbocycles. The normalized spacial score (nSPS) is 11.2. The van der Waals surface area contributed by atoms with Gasteiger partial charge in [-0.25, -0.2) is 0 Å². The van der Waals surface area contributed by atoms with E-state index in [9.17, 15) is 4.79 Å². The van der Waals surface area contributed by atoms with Crippen LogP contribution in [0.15, 0.2) is 35.1 Å². The number of carbonyl (C=O) groups excluding carboxylic acids is 1. The predicted molar refractivity (Wildman–Crippen MR) is 86.2 cm³/mol. The van der Waals surface area contributed by atoms with Gasteiger partial charge < -0.3 is 9.73 Å². The fourth-order valence-electron chi connectivity index (χ4n) is 2.48. The molecule has 0 fully saturated rings. The zero-order valence-corrected chi connectivity index (χ0v) is 13.6. The van der Waals surface area contributed by atoms with Gasteiger partial charge >= 0.3 is 0 Å². The lowest BCUT2D eigenvalue weighted by molar-refractivity contribution is 0.102. The van der Waals surface area contributed by atoms with Crippen molar-refractivity contribution in [3.8, 4) is 11.5 Å². The molecule has 0 saturated heterocycles. The van der Waals surface area contributed by atoms with Crippen LogP contribution in [0, 0.1) is 6.92 Å². The van der Waals surface area contributed by atoms with Gasteiger partial charge in [-0.3, -0.25) is 14.2 Å². The van der Waals surface area contributed by atoms with Crippen LogP contribution < -0.4 is 5.32 Å². The molecule has 120 valence electrons. The standard InChI is InChI=1S/C16H19N5O2/c1-10(2)21-11(3)8-12(18-21)16(22)17-13-9-20(4)19-15(13)14-6-5-7-23-14/h5-10H,1-4H3,(H,17,22). The molecule has 0 saturated carbocycles. The van der Waals surface area contributed by atoms with Crippen molar-refractivity contribution >= 4 is 11.6 Å². The lowest BCUT2D eigenvalue weighted by Crippen LogP contribution is -2.14. The van der Waals surface area contributed by atoms with Gasteiger partial charge in [-0.05, 0) is 39.0 Å². The summed E-state index contributed by atoms with van der Waals surface area (Å²) in [5, 5.41) is 11.5. The monoisotopic (exact) mass is 313 g/mol. The molecule has 3 aromatic heterocycles. The Morgan fingerprint density at radius 3 is 2.74 bits per heavy atom. The molecular formula is C16H19N5O2. The van der Waals surface area contributed by atoms with E-state index in [2.05, 4.69) is 15.5 Å². The van der Waals surface area contributed by atoms with Gasteiger partial charge in [-0.1, -0.05) is 0 Å². The van der Waals surface area contributed by atoms with E-state index in [0.29, 0.717) is 22.8 Å². The van der Waals surface area contributed by atoms with E-state index in [1.165, 1.54) is 0 Å². The van der Waals surface area contributed by atoms with E-state index in [4.69, 9.17) is 4.42 Å². The summed E-state index contributed by atoms with van der Waals surface area (Å²) in [6.45, 7) is 5.98. The summed E-state index contributed by atoms with van der Waals surface area (Å²) < 4.78 is 8.82. The maximum Gasteiger partial charge on any atom is 0.276 e. The third-order valence-corrected chi connectivity index (χ3v) is 3.48. The molecule has 0 radical (unpaired) electrons. The molecular weight excluding hydrogens is 294 g/mol. The van der Waals surface area contributed by atoms with Crippen LogP contribution in [0.4, 0.5) is 5.69 Å². The number of aryl methyl sites for hydroxylation is 2. The third-order valence-electron chi connectivity index (χ3n) is 3.48. The van der Waals surface area contributed by atoms with Crippen LogP contribution in [0.3, 0.4) is 0 Å². The average molecular weight is 313 g/mol. The Labute approximate surface area is 133 Å². The molecule has 1 N–H and O–H groups in total. The number of hydrogen-bond donors (Lipinski definition) is 1. The second-order valence-corrected chi connectivity index (χ2v) is 5.71. The molecule has 7 heteroatoms. The van der Waals surface area contributed by atoms with Crippen LogP contribution in [0.5, 0.6) is 0 Å². The average Bonchev–Trinajstić information content (AvgIpc) is 3.18. The van der Waals surface area contributed by atoms with E-state index in [-0.39, 0.29) is 11.9 Å². The van der Waals surface area contributed by atoms with E-state index in [1.54, 1.807) is 42.4 Å². The van der Waals surface area contributed by atoms with E-state index < -0.39 is 0 Å². The van der Waals surface area contributed by atoms with Crippen LogP contribution >= 0.6 is 0 Å². The lowest BCUT2D eigenvalue weighted by Gasteiger charge is -2.07. The molecule has 0 atom stereocenters. The minimum absolute atomic E-state index is 0.202. The van der Waals surface area contributed by atoms with Gasteiger partial charge in [0.1, 0.15) is 0 Å². The summed E-state index contributed by atoms with van der Waals surface area (Å²) in [4.78, 5) is 12.5. The van der Waals surface area contributed by atoms with Crippen molar-refractivity contribution in [3.05, 3.63) is 42.0 Å². The molecule has 0 spiro atoms. The first-order chi connectivity index (χ1) is 11.0. The van der Waals surface area contributed by atoms with Gasteiger partial charge in [0.15, 0.2) is 17.1 Å². The Bertz CT molecular complexity index is 827. The number of hydrogen-bond acceptors (Lipinski definition) is 4. The maximum atomic E-state index is 12.5. The smallest absolute Gasteiger partial charge is 0.276 e. The van der Waals surface area contributed by atoms with Crippen molar-refractivity contribution in [2.45, 2.75) is 26.8 Å². The molecule has 0 unspecified atom stereocenters. The predicted octanol–water partition coefficient (Wildman–Crippen LogP) is 3.02. The van der Waals surface area contributed by atoms with E-state index in [1.807, 2.05) is 25.5 Å². The summed E-state index contributed by atoms with van der Waals surface area (Å²) in [5.41, 5.74) is 2.50. The summed E-state index contributed by atoms with van der Waals surface area (Å²) in [5.74, 6) is 0.332. The summed E-state index contributed by atoms with van der Waals surface area (Å²) in [7, 11) is 1.79. The first-order valence-corrected chi connectivity index (χ1v) is 7.40. The van der Waals surface area contributed by atoms with Crippen molar-refractivity contribution in [1.29, 1.82) is 0 Å². The van der Waals surface area contributed by atoms with E-state index in [0.717, 1.165) is 5.69 Å². The number of rotatable bonds is 4. The molecule has 1 amide bonds. The van der Waals surface area contributed by atoms with Crippen LogP contribution in [-0.2, 0) is 7.05 Å². The van der Waals surface area contributed by atoms with Crippen LogP contribution in [0.25, 0.3) is 11.5 Å². The number of carbonyl (C=O) groups is 1. The fraction of sp³-hybridized carbons (Fsp3) is 0.312. The second-order valence-electron chi connectivity index (χ2n) is 5.71. The highest BCUT2D eigenvalue weighted by Gasteiger charge is 2.18. The van der Waals surface area contributed by atoms with Gasteiger partial charge in [0.05, 0.1) is 12.0 Å². The van der Waals surface area contributed by atoms with Gasteiger partial charge in [-0.15, -0.1) is 0 Å². The molecule has 0 aliphatic heterocycles. The van der Waals surface area contributed by atoms with Gasteiger partial charge in [0, 0.05) is 25.0 Å². The zero-order valence-electron chi connectivity index (χ0n) is 13.6. The van der Waals surface area contributed by atoms with Gasteiger partial charge in [0.25, 0.3) is 5.91 Å². The number of amides is 1. The van der Waals surface area contributed by atoms with E-state index >= 15 is 0 Å². The van der Waals surface area contributed by atoms with Crippen LogP contribution in [0.2, 0.25) is 0 Å². The number of aromatic nitrogens is 4. The quantitative estimate of drug-likeness (QED) is 0.803. The Morgan fingerprint density at radius 2 is 2.13 bits per heavy atom. The first-order valence-electron chi connectivity index (χ1n) is 7.40. The summed E-state index contributed by atoms with van der Waals surface area (Å²) >= 11 is 0. The number of anilines is 1. The minimum Gasteiger partial charge on any atom is -0.463 e. The number of nitrogens with one attached hydrogen (secondary N) is 1. The second kappa shape index (κ2) is 5.75. The molecule has 3 heterocycles. The van der Waals surface area contributed by atoms with Crippen molar-refractivity contribution in [3.63, 3.8) is 0 Å². The Hall–Kier alpha value is -2.83. The Kier molecular flexibility index (Phi) is 3.77. The van der Waals surface area contributed by atoms with Gasteiger partial charge in [-0.2, -0.15) is 10.2 Å². The SMILES string of the molecule is Cc1cc(C(=O)Nc2cn(C)nc2-c2ccco2)nn1C(C)C. The maximum absolute atomic E-state index is 12.5. The van der Waals surface area contributed by atoms with Crippen molar-refractivity contribution in [1.82, 2.24) is 19.6 Å². The zero-order chi connectivity index (χ0) is 16.6. The molecule has 0 aliphatic carbocycles. The topological polar surface area (TPSA) is 77.9 Å². The fourth-order valence-corrected chi connectivity index (χ4v) is 2.48. The lowest BCUT2D eigenvalue weighted by atomic mass is 10.3. The molecule has 0 bridgehead atoms. The molecule has 3 rings (SSSR count). The van der Waals surface area contributed by atoms with Gasteiger partial charge in [0.2, 0.25) is 0 Å². The highest BCUT2D eigenvalue weighted by Crippen LogP contribution is 2.27. The number of furan rings is 1. The Morgan fingerprint density at radius 1 is 1.35 bits per heavy atom. The minimum atomic E-state index is -0.270. The van der Waals surface area contributed by atoms with Crippen LogP contribution in [0.1, 0.15) is 36.1 Å². The molecule has 3 aromatic rings. The first kappa shape index (κ1) is 15.1. The van der Waals surface area contributed by atoms with Crippen molar-refractivity contribution in [2.24, 2.45) is 7.05 Å². The molecule has 0 aliphatic rings. The van der Waals surface area contributed by atoms with Crippen molar-refractivity contribution in [2.75, 3.05) is 5.32 Å². The Balaban J connectivity index is 1.88. The molecule has 7 nitrogen and oxygen atoms in total. The third kappa shape index (κ3) is 2.90.